The summed E-state index contributed by atoms with van der Waals surface area (Å²) in [4.78, 5) is 10.1. The largest absolute Gasteiger partial charge is 0.276 e. The molecule has 10 heavy (non-hydrogen) atoms. The van der Waals surface area contributed by atoms with E-state index in [-0.39, 0.29) is 9.52 Å². The molecule has 0 aromatic rings. The van der Waals surface area contributed by atoms with Crippen molar-refractivity contribution in [3.8, 4) is 0 Å². The number of halogens is 4. The molecule has 0 aromatic heterocycles. The van der Waals surface area contributed by atoms with Crippen LogP contribution in [0.4, 0.5) is 0 Å². The summed E-state index contributed by atoms with van der Waals surface area (Å²) in [5.41, 5.74) is 0. The third-order valence-corrected chi connectivity index (χ3v) is 1.58. The highest BCUT2D eigenvalue weighted by Crippen LogP contribution is 2.18. The van der Waals surface area contributed by atoms with E-state index in [4.69, 9.17) is 46.4 Å². The number of rotatable bonds is 2. The zero-order chi connectivity index (χ0) is 8.15. The van der Waals surface area contributed by atoms with Crippen LogP contribution in [0.5, 0.6) is 0 Å². The van der Waals surface area contributed by atoms with E-state index in [1.165, 1.54) is 6.08 Å². The van der Waals surface area contributed by atoms with E-state index in [2.05, 4.69) is 0 Å². The van der Waals surface area contributed by atoms with Crippen molar-refractivity contribution >= 4 is 51.6 Å². The molecule has 0 amide bonds. The molecular formula is C5H2Cl4O. The summed E-state index contributed by atoms with van der Waals surface area (Å²) >= 11 is 20.7. The summed E-state index contributed by atoms with van der Waals surface area (Å²) in [7, 11) is 0. The van der Waals surface area contributed by atoms with E-state index in [0.717, 1.165) is 6.08 Å². The highest BCUT2D eigenvalue weighted by molar-refractivity contribution is 6.66. The second-order valence-electron chi connectivity index (χ2n) is 1.25. The summed E-state index contributed by atoms with van der Waals surface area (Å²) in [6.07, 6.45) is 2.26. The first-order valence-corrected chi connectivity index (χ1v) is 3.63. The van der Waals surface area contributed by atoms with Gasteiger partial charge in [0.25, 0.3) is 0 Å². The fourth-order valence-electron chi connectivity index (χ4n) is 0.202. The molecule has 0 saturated carbocycles. The molecule has 0 radical (unpaired) electrons. The second kappa shape index (κ2) is 5.03. The lowest BCUT2D eigenvalue weighted by Gasteiger charge is -1.84. The molecule has 0 saturated heterocycles. The summed E-state index contributed by atoms with van der Waals surface area (Å²) in [5.74, 6) is 0. The first-order chi connectivity index (χ1) is 4.54. The maximum absolute atomic E-state index is 10.1. The monoisotopic (exact) mass is 218 g/mol. The maximum Gasteiger partial charge on any atom is 0.245 e. The zero-order valence-corrected chi connectivity index (χ0v) is 7.60. The van der Waals surface area contributed by atoms with Crippen LogP contribution in [0, 0.1) is 0 Å². The molecule has 0 aromatic carbocycles. The number of allylic oxidation sites excluding steroid dienone is 3. The van der Waals surface area contributed by atoms with Crippen molar-refractivity contribution in [2.45, 2.75) is 0 Å². The van der Waals surface area contributed by atoms with Crippen LogP contribution in [0.15, 0.2) is 21.7 Å². The molecule has 1 nitrogen and oxygen atoms in total. The Morgan fingerprint density at radius 2 is 1.50 bits per heavy atom. The Hall–Kier alpha value is 0.310. The predicted molar refractivity (Wildman–Crippen MR) is 44.6 cm³/mol. The molecule has 0 aliphatic heterocycles. The van der Waals surface area contributed by atoms with E-state index in [1.54, 1.807) is 0 Å². The topological polar surface area (TPSA) is 17.1 Å². The van der Waals surface area contributed by atoms with Gasteiger partial charge in [-0.15, -0.1) is 0 Å². The number of carbonyl (C=O) groups is 1. The molecule has 0 aliphatic rings. The lowest BCUT2D eigenvalue weighted by Crippen LogP contribution is -1.74. The SMILES string of the molecule is O=C(Cl)C=CC(Cl)=C(Cl)Cl. The van der Waals surface area contributed by atoms with Crippen LogP contribution in [0.1, 0.15) is 0 Å². The average molecular weight is 220 g/mol. The summed E-state index contributed by atoms with van der Waals surface area (Å²) < 4.78 is -0.101. The quantitative estimate of drug-likeness (QED) is 0.396. The van der Waals surface area contributed by atoms with Gasteiger partial charge in [0, 0.05) is 0 Å². The Labute approximate surface area is 78.2 Å². The van der Waals surface area contributed by atoms with E-state index < -0.39 is 5.24 Å². The van der Waals surface area contributed by atoms with Gasteiger partial charge >= 0.3 is 0 Å². The van der Waals surface area contributed by atoms with Crippen LogP contribution in [0.2, 0.25) is 0 Å². The molecule has 0 bridgehead atoms. The van der Waals surface area contributed by atoms with E-state index in [9.17, 15) is 4.79 Å². The smallest absolute Gasteiger partial charge is 0.245 e. The molecular weight excluding hydrogens is 218 g/mol. The fraction of sp³-hybridized carbons (Fsp3) is 0. The van der Waals surface area contributed by atoms with Gasteiger partial charge in [0.05, 0.1) is 5.03 Å². The fourth-order valence-corrected chi connectivity index (χ4v) is 0.454. The van der Waals surface area contributed by atoms with Gasteiger partial charge in [-0.25, -0.2) is 0 Å². The Balaban J connectivity index is 4.16. The van der Waals surface area contributed by atoms with Gasteiger partial charge in [-0.05, 0) is 23.8 Å². The van der Waals surface area contributed by atoms with Crippen molar-refractivity contribution in [3.63, 3.8) is 0 Å². The van der Waals surface area contributed by atoms with Crippen LogP contribution in [-0.4, -0.2) is 5.24 Å². The van der Waals surface area contributed by atoms with E-state index >= 15 is 0 Å². The second-order valence-corrected chi connectivity index (χ2v) is 2.97. The molecule has 56 valence electrons. The lowest BCUT2D eigenvalue weighted by atomic mass is 10.5. The normalized spacial score (nSPS) is 10.0. The molecule has 0 aliphatic carbocycles. The standard InChI is InChI=1S/C5H2Cl4O/c6-3(5(8)9)1-2-4(7)10/h1-2H. The molecule has 0 unspecified atom stereocenters. The zero-order valence-electron chi connectivity index (χ0n) is 4.57. The number of hydrogen-bond donors (Lipinski definition) is 0. The highest BCUT2D eigenvalue weighted by atomic mass is 35.5. The number of carbonyl (C=O) groups excluding carboxylic acids is 1. The van der Waals surface area contributed by atoms with Crippen LogP contribution in [0.3, 0.4) is 0 Å². The van der Waals surface area contributed by atoms with E-state index in [0.29, 0.717) is 0 Å². The first kappa shape index (κ1) is 10.3. The molecule has 0 fully saturated rings. The van der Waals surface area contributed by atoms with Crippen LogP contribution in [0.25, 0.3) is 0 Å². The van der Waals surface area contributed by atoms with Crippen molar-refractivity contribution < 1.29 is 4.79 Å². The molecule has 0 spiro atoms. The molecule has 0 rings (SSSR count). The van der Waals surface area contributed by atoms with Gasteiger partial charge in [-0.2, -0.15) is 0 Å². The van der Waals surface area contributed by atoms with Gasteiger partial charge < -0.3 is 0 Å². The minimum Gasteiger partial charge on any atom is -0.276 e. The molecule has 0 N–H and O–H groups in total. The van der Waals surface area contributed by atoms with Crippen molar-refractivity contribution in [3.05, 3.63) is 21.7 Å². The Kier molecular flexibility index (Phi) is 5.18. The lowest BCUT2D eigenvalue weighted by molar-refractivity contribution is -0.107. The average Bonchev–Trinajstić information content (AvgIpc) is 1.82. The first-order valence-electron chi connectivity index (χ1n) is 2.12. The van der Waals surface area contributed by atoms with Crippen molar-refractivity contribution in [1.29, 1.82) is 0 Å². The predicted octanol–water partition coefficient (Wildman–Crippen LogP) is 3.19. The third-order valence-electron chi connectivity index (χ3n) is 0.541. The van der Waals surface area contributed by atoms with Gasteiger partial charge in [-0.3, -0.25) is 4.79 Å². The molecule has 5 heteroatoms. The summed E-state index contributed by atoms with van der Waals surface area (Å²) in [6, 6.07) is 0. The van der Waals surface area contributed by atoms with Gasteiger partial charge in [0.1, 0.15) is 4.49 Å². The van der Waals surface area contributed by atoms with Crippen LogP contribution in [-0.2, 0) is 4.79 Å². The summed E-state index contributed by atoms with van der Waals surface area (Å²) in [6.45, 7) is 0. The van der Waals surface area contributed by atoms with Crippen LogP contribution < -0.4 is 0 Å². The minimum atomic E-state index is -0.632. The Bertz CT molecular complexity index is 190. The number of hydrogen-bond acceptors (Lipinski definition) is 1. The van der Waals surface area contributed by atoms with Crippen LogP contribution >= 0.6 is 46.4 Å². The van der Waals surface area contributed by atoms with Gasteiger partial charge in [0.15, 0.2) is 0 Å². The van der Waals surface area contributed by atoms with Gasteiger partial charge in [0.2, 0.25) is 5.24 Å². The van der Waals surface area contributed by atoms with Crippen molar-refractivity contribution in [2.75, 3.05) is 0 Å². The molecule has 0 atom stereocenters. The summed E-state index contributed by atoms with van der Waals surface area (Å²) in [5, 5.41) is -0.551. The Morgan fingerprint density at radius 3 is 1.80 bits per heavy atom. The van der Waals surface area contributed by atoms with E-state index in [1.807, 2.05) is 0 Å². The third kappa shape index (κ3) is 5.12. The Morgan fingerprint density at radius 1 is 1.00 bits per heavy atom. The maximum atomic E-state index is 10.1. The molecule has 0 heterocycles. The van der Waals surface area contributed by atoms with Crippen molar-refractivity contribution in [2.24, 2.45) is 0 Å². The minimum absolute atomic E-state index is 0.0809. The van der Waals surface area contributed by atoms with Crippen molar-refractivity contribution in [1.82, 2.24) is 0 Å². The van der Waals surface area contributed by atoms with Gasteiger partial charge in [-0.1, -0.05) is 34.8 Å². The highest BCUT2D eigenvalue weighted by Gasteiger charge is 1.93.